The van der Waals surface area contributed by atoms with E-state index in [-0.39, 0.29) is 24.5 Å². The monoisotopic (exact) mass is 390 g/mol. The number of benzene rings is 1. The van der Waals surface area contributed by atoms with Crippen molar-refractivity contribution in [2.24, 2.45) is 11.8 Å². The fraction of sp³-hybridized carbons (Fsp3) is 0.550. The molecule has 1 heterocycles. The molecule has 2 aliphatic rings. The Balaban J connectivity index is 1.54. The third-order valence-electron chi connectivity index (χ3n) is 5.46. The fourth-order valence-corrected chi connectivity index (χ4v) is 4.53. The van der Waals surface area contributed by atoms with E-state index in [1.807, 2.05) is 0 Å². The zero-order chi connectivity index (χ0) is 19.4. The molecule has 1 aliphatic carbocycles. The van der Waals surface area contributed by atoms with E-state index in [4.69, 9.17) is 4.74 Å². The van der Waals surface area contributed by atoms with Crippen LogP contribution in [0.5, 0.6) is 0 Å². The molecule has 3 atom stereocenters. The highest BCUT2D eigenvalue weighted by Gasteiger charge is 2.28. The average molecular weight is 391 g/mol. The topological polar surface area (TPSA) is 84.5 Å². The van der Waals surface area contributed by atoms with Gasteiger partial charge in [-0.2, -0.15) is 0 Å². The average Bonchev–Trinajstić information content (AvgIpc) is 2.83. The van der Waals surface area contributed by atoms with E-state index in [0.717, 1.165) is 17.7 Å². The van der Waals surface area contributed by atoms with Crippen molar-refractivity contribution in [2.45, 2.75) is 50.5 Å². The maximum absolute atomic E-state index is 12.3. The first-order valence-electron chi connectivity index (χ1n) is 9.47. The number of ether oxygens (including phenoxy) is 1. The number of rotatable bonds is 4. The van der Waals surface area contributed by atoms with Gasteiger partial charge >= 0.3 is 5.97 Å². The summed E-state index contributed by atoms with van der Waals surface area (Å²) in [5.74, 6) is 0.806. The van der Waals surface area contributed by atoms with Gasteiger partial charge in [0.05, 0.1) is 11.3 Å². The highest BCUT2D eigenvalue weighted by atomic mass is 32.2. The molecule has 0 bridgehead atoms. The number of esters is 1. The molecule has 0 unspecified atom stereocenters. The number of nitrogens with one attached hydrogen (secondary N) is 2. The Bertz CT molecular complexity index is 737. The van der Waals surface area contributed by atoms with Crippen LogP contribution in [-0.2, 0) is 14.3 Å². The van der Waals surface area contributed by atoms with Crippen LogP contribution >= 0.6 is 11.8 Å². The van der Waals surface area contributed by atoms with Crippen molar-refractivity contribution in [2.75, 3.05) is 17.7 Å². The van der Waals surface area contributed by atoms with Gasteiger partial charge < -0.3 is 15.4 Å². The summed E-state index contributed by atoms with van der Waals surface area (Å²) in [5.41, 5.74) is 0.940. The summed E-state index contributed by atoms with van der Waals surface area (Å²) in [4.78, 5) is 37.1. The molecule has 7 heteroatoms. The quantitative estimate of drug-likeness (QED) is 0.771. The first-order chi connectivity index (χ1) is 12.9. The van der Waals surface area contributed by atoms with Gasteiger partial charge in [0, 0.05) is 23.1 Å². The Morgan fingerprint density at radius 3 is 2.93 bits per heavy atom. The second kappa shape index (κ2) is 8.78. The van der Waals surface area contributed by atoms with Gasteiger partial charge in [0.2, 0.25) is 5.91 Å². The first kappa shape index (κ1) is 19.7. The van der Waals surface area contributed by atoms with Crippen LogP contribution in [0, 0.1) is 11.8 Å². The second-order valence-corrected chi connectivity index (χ2v) is 8.51. The van der Waals surface area contributed by atoms with Gasteiger partial charge in [-0.3, -0.25) is 9.59 Å². The lowest BCUT2D eigenvalue weighted by Crippen LogP contribution is -2.45. The molecular formula is C20H26N2O4S. The van der Waals surface area contributed by atoms with Crippen LogP contribution in [0.2, 0.25) is 0 Å². The second-order valence-electron chi connectivity index (χ2n) is 7.38. The Kier molecular flexibility index (Phi) is 6.42. The first-order valence-corrected chi connectivity index (χ1v) is 10.5. The van der Waals surface area contributed by atoms with Crippen molar-refractivity contribution >= 4 is 35.2 Å². The van der Waals surface area contributed by atoms with E-state index in [2.05, 4.69) is 24.5 Å². The normalized spacial score (nSPS) is 25.0. The fourth-order valence-electron chi connectivity index (χ4n) is 3.60. The smallest absolute Gasteiger partial charge is 0.338 e. The largest absolute Gasteiger partial charge is 0.452 e. The van der Waals surface area contributed by atoms with Crippen LogP contribution in [0.25, 0.3) is 0 Å². The van der Waals surface area contributed by atoms with E-state index in [9.17, 15) is 14.4 Å². The molecule has 0 spiro atoms. The summed E-state index contributed by atoms with van der Waals surface area (Å²) in [7, 11) is 0. The number of thioether (sulfide) groups is 1. The van der Waals surface area contributed by atoms with Crippen molar-refractivity contribution in [1.82, 2.24) is 5.32 Å². The lowest BCUT2D eigenvalue weighted by Gasteiger charge is -2.34. The van der Waals surface area contributed by atoms with E-state index in [1.165, 1.54) is 6.42 Å². The van der Waals surface area contributed by atoms with Crippen molar-refractivity contribution in [3.8, 4) is 0 Å². The zero-order valence-electron chi connectivity index (χ0n) is 15.7. The highest BCUT2D eigenvalue weighted by molar-refractivity contribution is 7.99. The molecule has 2 N–H and O–H groups in total. The van der Waals surface area contributed by atoms with Crippen LogP contribution in [0.4, 0.5) is 5.69 Å². The number of carbonyl (C=O) groups excluding carboxylic acids is 3. The maximum atomic E-state index is 12.3. The third-order valence-corrected chi connectivity index (χ3v) is 6.54. The molecule has 1 fully saturated rings. The molecule has 1 saturated carbocycles. The molecule has 2 amide bonds. The van der Waals surface area contributed by atoms with E-state index in [1.54, 1.807) is 30.0 Å². The number of hydrogen-bond acceptors (Lipinski definition) is 5. The lowest BCUT2D eigenvalue weighted by molar-refractivity contribution is -0.125. The third kappa shape index (κ3) is 5.03. The Morgan fingerprint density at radius 2 is 2.11 bits per heavy atom. The Morgan fingerprint density at radius 1 is 1.30 bits per heavy atom. The Labute approximate surface area is 163 Å². The van der Waals surface area contributed by atoms with Crippen molar-refractivity contribution in [3.05, 3.63) is 23.8 Å². The SMILES string of the molecule is C[C@@H]1[C@H](C)CCC[C@@H]1NC(=O)COC(=O)c1ccc2c(c1)NC(=O)CCS2. The minimum absolute atomic E-state index is 0.0676. The standard InChI is InChI=1S/C20H26N2O4S/c1-12-4-3-5-15(13(12)2)21-19(24)11-26-20(25)14-6-7-17-16(10-14)22-18(23)8-9-27-17/h6-7,10,12-13,15H,3-5,8-9,11H2,1-2H3,(H,21,24)(H,22,23)/t12-,13-,15+/m1/s1. The van der Waals surface area contributed by atoms with Gasteiger partial charge in [0.25, 0.3) is 5.91 Å². The molecule has 1 aliphatic heterocycles. The molecule has 0 aromatic heterocycles. The molecular weight excluding hydrogens is 364 g/mol. The van der Waals surface area contributed by atoms with Crippen LogP contribution in [-0.4, -0.2) is 36.2 Å². The van der Waals surface area contributed by atoms with Gasteiger partial charge in [-0.1, -0.05) is 26.7 Å². The van der Waals surface area contributed by atoms with Gasteiger partial charge in [-0.05, 0) is 36.5 Å². The van der Waals surface area contributed by atoms with E-state index < -0.39 is 5.97 Å². The molecule has 1 aromatic carbocycles. The summed E-state index contributed by atoms with van der Waals surface area (Å²) < 4.78 is 5.17. The van der Waals surface area contributed by atoms with Gasteiger partial charge in [-0.15, -0.1) is 11.8 Å². The van der Waals surface area contributed by atoms with Crippen molar-refractivity contribution in [1.29, 1.82) is 0 Å². The Hall–Kier alpha value is -2.02. The minimum atomic E-state index is -0.568. The van der Waals surface area contributed by atoms with Crippen LogP contribution in [0.15, 0.2) is 23.1 Å². The van der Waals surface area contributed by atoms with Gasteiger partial charge in [0.15, 0.2) is 6.61 Å². The van der Waals surface area contributed by atoms with Crippen LogP contribution in [0.3, 0.4) is 0 Å². The minimum Gasteiger partial charge on any atom is -0.452 e. The number of anilines is 1. The van der Waals surface area contributed by atoms with Gasteiger partial charge in [0.1, 0.15) is 0 Å². The maximum Gasteiger partial charge on any atom is 0.338 e. The summed E-state index contributed by atoms with van der Waals surface area (Å²) in [6.45, 7) is 4.07. The molecule has 0 radical (unpaired) electrons. The van der Waals surface area contributed by atoms with Crippen molar-refractivity contribution in [3.63, 3.8) is 0 Å². The number of carbonyl (C=O) groups is 3. The van der Waals surface area contributed by atoms with E-state index >= 15 is 0 Å². The van der Waals surface area contributed by atoms with Gasteiger partial charge in [-0.25, -0.2) is 4.79 Å². The summed E-state index contributed by atoms with van der Waals surface area (Å²) in [6, 6.07) is 5.21. The number of fused-ring (bicyclic) bond motifs is 1. The number of amides is 2. The summed E-state index contributed by atoms with van der Waals surface area (Å²) >= 11 is 1.57. The molecule has 0 saturated heterocycles. The van der Waals surface area contributed by atoms with E-state index in [0.29, 0.717) is 35.3 Å². The molecule has 27 heavy (non-hydrogen) atoms. The summed E-state index contributed by atoms with van der Waals surface area (Å²) in [5, 5.41) is 5.79. The molecule has 6 nitrogen and oxygen atoms in total. The molecule has 1 aromatic rings. The van der Waals surface area contributed by atoms with Crippen LogP contribution in [0.1, 0.15) is 49.9 Å². The molecule has 146 valence electrons. The molecule has 3 rings (SSSR count). The predicted octanol–water partition coefficient (Wildman–Crippen LogP) is 3.22. The zero-order valence-corrected chi connectivity index (χ0v) is 16.6. The van der Waals surface area contributed by atoms with Crippen molar-refractivity contribution < 1.29 is 19.1 Å². The number of hydrogen-bond donors (Lipinski definition) is 2. The van der Waals surface area contributed by atoms with Crippen LogP contribution < -0.4 is 10.6 Å². The highest BCUT2D eigenvalue weighted by Crippen LogP contribution is 2.32. The summed E-state index contributed by atoms with van der Waals surface area (Å²) in [6.07, 6.45) is 3.70. The lowest BCUT2D eigenvalue weighted by atomic mass is 9.78. The predicted molar refractivity (Wildman–Crippen MR) is 105 cm³/mol.